The largest absolute Gasteiger partial charge is 0.351 e. The molecule has 0 aromatic heterocycles. The molecule has 1 unspecified atom stereocenters. The number of thioether (sulfide) groups is 1. The zero-order valence-electron chi connectivity index (χ0n) is 28.3. The second-order valence-corrected chi connectivity index (χ2v) is 13.9. The molecule has 0 aliphatic carbocycles. The highest BCUT2D eigenvalue weighted by Crippen LogP contribution is 2.31. The van der Waals surface area contributed by atoms with E-state index in [0.29, 0.717) is 23.0 Å². The summed E-state index contributed by atoms with van der Waals surface area (Å²) in [5.41, 5.74) is 8.25. The number of amides is 2. The molecule has 254 valence electrons. The lowest BCUT2D eigenvalue weighted by Crippen LogP contribution is -2.42. The number of carbonyl (C=O) groups excluding carboxylic acids is 2. The Balaban J connectivity index is 0.000000403. The average molecular weight is 669 g/mol. The van der Waals surface area contributed by atoms with Crippen molar-refractivity contribution in [2.24, 2.45) is 5.73 Å². The monoisotopic (exact) mass is 668 g/mol. The SMILES string of the molecule is CCCN(CCC(C)c1ccc(F)cc1F)C(C)(C)C.CCSC.NCC(=O)NCc1cc(Cl)ccc1C1CCN(C=O)CC1. The van der Waals surface area contributed by atoms with Crippen LogP contribution in [-0.4, -0.2) is 72.4 Å². The first-order valence-electron chi connectivity index (χ1n) is 15.9. The van der Waals surface area contributed by atoms with E-state index in [9.17, 15) is 18.4 Å². The van der Waals surface area contributed by atoms with E-state index in [4.69, 9.17) is 17.3 Å². The molecule has 2 aromatic carbocycles. The Morgan fingerprint density at radius 1 is 1.16 bits per heavy atom. The molecule has 1 heterocycles. The topological polar surface area (TPSA) is 78.7 Å². The van der Waals surface area contributed by atoms with Crippen molar-refractivity contribution in [3.8, 4) is 0 Å². The maximum atomic E-state index is 13.8. The van der Waals surface area contributed by atoms with Crippen LogP contribution in [0.2, 0.25) is 5.02 Å². The molecule has 6 nitrogen and oxygen atoms in total. The minimum absolute atomic E-state index is 0.0202. The van der Waals surface area contributed by atoms with E-state index in [2.05, 4.69) is 51.1 Å². The van der Waals surface area contributed by atoms with Crippen LogP contribution < -0.4 is 11.1 Å². The molecule has 1 aliphatic rings. The predicted molar refractivity (Wildman–Crippen MR) is 187 cm³/mol. The molecule has 0 spiro atoms. The Morgan fingerprint density at radius 2 is 1.80 bits per heavy atom. The lowest BCUT2D eigenvalue weighted by Gasteiger charge is -2.36. The molecule has 1 saturated heterocycles. The second kappa shape index (κ2) is 21.6. The van der Waals surface area contributed by atoms with Gasteiger partial charge in [-0.05, 0) is 118 Å². The molecule has 0 saturated carbocycles. The number of likely N-dealkylation sites (tertiary alicyclic amines) is 1. The van der Waals surface area contributed by atoms with Gasteiger partial charge in [0.05, 0.1) is 6.54 Å². The molecule has 3 rings (SSSR count). The maximum absolute atomic E-state index is 13.8. The smallest absolute Gasteiger partial charge is 0.234 e. The second-order valence-electron chi connectivity index (χ2n) is 12.3. The van der Waals surface area contributed by atoms with E-state index < -0.39 is 11.6 Å². The number of nitrogens with two attached hydrogens (primary N) is 1. The Bertz CT molecular complexity index is 1150. The lowest BCUT2D eigenvalue weighted by molar-refractivity contribution is -0.120. The van der Waals surface area contributed by atoms with Gasteiger partial charge < -0.3 is 16.0 Å². The minimum Gasteiger partial charge on any atom is -0.351 e. The molecule has 2 amide bonds. The Kier molecular flexibility index (Phi) is 19.6. The third kappa shape index (κ3) is 15.3. The van der Waals surface area contributed by atoms with Gasteiger partial charge in [0.1, 0.15) is 11.6 Å². The molecule has 45 heavy (non-hydrogen) atoms. The van der Waals surface area contributed by atoms with Gasteiger partial charge in [-0.15, -0.1) is 0 Å². The van der Waals surface area contributed by atoms with Crippen molar-refractivity contribution in [2.45, 2.75) is 91.1 Å². The van der Waals surface area contributed by atoms with E-state index >= 15 is 0 Å². The highest BCUT2D eigenvalue weighted by Gasteiger charge is 2.23. The predicted octanol–water partition coefficient (Wildman–Crippen LogP) is 7.59. The first-order valence-corrected chi connectivity index (χ1v) is 17.7. The fourth-order valence-corrected chi connectivity index (χ4v) is 5.36. The number of hydrogen-bond acceptors (Lipinski definition) is 5. The normalized spacial score (nSPS) is 14.2. The lowest BCUT2D eigenvalue weighted by atomic mass is 9.86. The number of rotatable bonds is 12. The molecular weight excluding hydrogens is 614 g/mol. The molecule has 0 bridgehead atoms. The van der Waals surface area contributed by atoms with Gasteiger partial charge in [0.2, 0.25) is 12.3 Å². The van der Waals surface area contributed by atoms with Crippen molar-refractivity contribution in [3.63, 3.8) is 0 Å². The van der Waals surface area contributed by atoms with Crippen LogP contribution in [0.15, 0.2) is 36.4 Å². The summed E-state index contributed by atoms with van der Waals surface area (Å²) < 4.78 is 26.7. The highest BCUT2D eigenvalue weighted by atomic mass is 35.5. The third-order valence-corrected chi connectivity index (χ3v) is 8.75. The summed E-state index contributed by atoms with van der Waals surface area (Å²) in [7, 11) is 0. The van der Waals surface area contributed by atoms with Gasteiger partial charge in [-0.25, -0.2) is 8.78 Å². The highest BCUT2D eigenvalue weighted by molar-refractivity contribution is 7.98. The van der Waals surface area contributed by atoms with Gasteiger partial charge in [-0.2, -0.15) is 11.8 Å². The van der Waals surface area contributed by atoms with Crippen LogP contribution in [-0.2, 0) is 16.1 Å². The van der Waals surface area contributed by atoms with E-state index in [1.165, 1.54) is 17.4 Å². The summed E-state index contributed by atoms with van der Waals surface area (Å²) in [5.74, 6) is 0.591. The van der Waals surface area contributed by atoms with E-state index in [1.54, 1.807) is 11.0 Å². The summed E-state index contributed by atoms with van der Waals surface area (Å²) in [6, 6.07) is 9.66. The Morgan fingerprint density at radius 3 is 2.31 bits per heavy atom. The van der Waals surface area contributed by atoms with Gasteiger partial charge in [0.25, 0.3) is 0 Å². The Hall–Kier alpha value is -2.20. The number of halogens is 3. The quantitative estimate of drug-likeness (QED) is 0.228. The van der Waals surface area contributed by atoms with Crippen LogP contribution in [0.1, 0.15) is 95.8 Å². The third-order valence-electron chi connectivity index (χ3n) is 7.94. The van der Waals surface area contributed by atoms with Crippen molar-refractivity contribution in [3.05, 3.63) is 69.7 Å². The Labute approximate surface area is 279 Å². The number of carbonyl (C=O) groups is 2. The number of nitrogens with zero attached hydrogens (tertiary/aromatic N) is 2. The van der Waals surface area contributed by atoms with Crippen molar-refractivity contribution < 1.29 is 18.4 Å². The zero-order valence-corrected chi connectivity index (χ0v) is 29.9. The van der Waals surface area contributed by atoms with Gasteiger partial charge in [0.15, 0.2) is 0 Å². The number of nitrogens with one attached hydrogen (secondary N) is 1. The molecule has 0 radical (unpaired) electrons. The molecule has 1 atom stereocenters. The number of piperidine rings is 1. The van der Waals surface area contributed by atoms with Crippen LogP contribution in [0, 0.1) is 11.6 Å². The molecular formula is C35H55ClF2N4O2S. The van der Waals surface area contributed by atoms with Crippen molar-refractivity contribution >= 4 is 35.7 Å². The summed E-state index contributed by atoms with van der Waals surface area (Å²) in [5, 5.41) is 3.44. The summed E-state index contributed by atoms with van der Waals surface area (Å²) in [6.45, 7) is 16.8. The van der Waals surface area contributed by atoms with Gasteiger partial charge in [-0.3, -0.25) is 14.5 Å². The standard InChI is InChI=1S/C17H27F2N.C15H20ClN3O2.C3H8S/c1-6-10-20(17(3,4)5)11-9-13(2)15-8-7-14(18)12-16(15)19;16-13-1-2-14(11-3-5-19(10-20)6-4-11)12(7-13)9-18-15(21)8-17;1-3-4-2/h7-8,12-13H,6,9-11H2,1-5H3;1-2,7,10-11H,3-6,8-9,17H2,(H,18,21);3H2,1-2H3. The van der Waals surface area contributed by atoms with Crippen LogP contribution in [0.3, 0.4) is 0 Å². The molecule has 3 N–H and O–H groups in total. The first kappa shape index (κ1) is 40.8. The molecule has 1 aliphatic heterocycles. The fourth-order valence-electron chi connectivity index (χ4n) is 5.17. The van der Waals surface area contributed by atoms with E-state index in [1.807, 2.05) is 36.9 Å². The van der Waals surface area contributed by atoms with Gasteiger partial charge in [0, 0.05) is 36.3 Å². The van der Waals surface area contributed by atoms with Crippen molar-refractivity contribution in [1.82, 2.24) is 15.1 Å². The van der Waals surface area contributed by atoms with Gasteiger partial charge >= 0.3 is 0 Å². The van der Waals surface area contributed by atoms with Crippen LogP contribution in [0.5, 0.6) is 0 Å². The van der Waals surface area contributed by atoms with Gasteiger partial charge in [-0.1, -0.05) is 44.5 Å². The van der Waals surface area contributed by atoms with Crippen LogP contribution in [0.25, 0.3) is 0 Å². The number of hydrogen-bond donors (Lipinski definition) is 2. The van der Waals surface area contributed by atoms with Crippen LogP contribution in [0.4, 0.5) is 8.78 Å². The summed E-state index contributed by atoms with van der Waals surface area (Å²) in [6.07, 6.45) is 6.84. The minimum atomic E-state index is -0.513. The summed E-state index contributed by atoms with van der Waals surface area (Å²) >= 11 is 7.92. The molecule has 2 aromatic rings. The van der Waals surface area contributed by atoms with E-state index in [-0.39, 0.29) is 23.9 Å². The molecule has 10 heteroatoms. The molecule has 1 fully saturated rings. The van der Waals surface area contributed by atoms with E-state index in [0.717, 1.165) is 69.9 Å². The fraction of sp³-hybridized carbons (Fsp3) is 0.600. The average Bonchev–Trinajstić information content (AvgIpc) is 3.01. The zero-order chi connectivity index (χ0) is 34.0. The van der Waals surface area contributed by atoms with Crippen molar-refractivity contribution in [2.75, 3.05) is 44.7 Å². The number of benzene rings is 2. The van der Waals surface area contributed by atoms with Crippen LogP contribution >= 0.6 is 23.4 Å². The van der Waals surface area contributed by atoms with Crippen molar-refractivity contribution in [1.29, 1.82) is 0 Å². The maximum Gasteiger partial charge on any atom is 0.234 e. The summed E-state index contributed by atoms with van der Waals surface area (Å²) in [4.78, 5) is 26.3. The first-order chi connectivity index (χ1) is 21.3.